The third-order valence-corrected chi connectivity index (χ3v) is 3.77. The summed E-state index contributed by atoms with van der Waals surface area (Å²) in [6.45, 7) is 5.18. The molecule has 80 valence electrons. The molecule has 0 radical (unpaired) electrons. The molecule has 0 saturated heterocycles. The fourth-order valence-corrected chi connectivity index (χ4v) is 2.72. The summed E-state index contributed by atoms with van der Waals surface area (Å²) in [5.41, 5.74) is 1.13. The summed E-state index contributed by atoms with van der Waals surface area (Å²) < 4.78 is 0. The number of aryl methyl sites for hydroxylation is 1. The van der Waals surface area contributed by atoms with Crippen molar-refractivity contribution in [2.75, 3.05) is 12.0 Å². The molecule has 14 heavy (non-hydrogen) atoms. The van der Waals surface area contributed by atoms with Crippen LogP contribution in [0.2, 0.25) is 0 Å². The van der Waals surface area contributed by atoms with Crippen molar-refractivity contribution in [2.24, 2.45) is 0 Å². The highest BCUT2D eigenvalue weighted by Crippen LogP contribution is 2.09. The largest absolute Gasteiger partial charge is 0.307 e. The highest BCUT2D eigenvalue weighted by atomic mass is 32.2. The lowest BCUT2D eigenvalue weighted by molar-refractivity contribution is 0.540. The van der Waals surface area contributed by atoms with E-state index in [0.29, 0.717) is 6.04 Å². The Bertz CT molecular complexity index is 260. The standard InChI is InChI=1S/C10H18N2S2/c1-4-9(7-13-3)11-5-10-12-8(2)6-14-10/h6,9,11H,4-5,7H2,1-3H3. The van der Waals surface area contributed by atoms with E-state index in [0.717, 1.165) is 12.2 Å². The molecule has 0 amide bonds. The second-order valence-electron chi connectivity index (χ2n) is 3.32. The van der Waals surface area contributed by atoms with Crippen LogP contribution in [0, 0.1) is 6.92 Å². The van der Waals surface area contributed by atoms with Crippen molar-refractivity contribution < 1.29 is 0 Å². The zero-order valence-corrected chi connectivity index (χ0v) is 10.7. The van der Waals surface area contributed by atoms with Gasteiger partial charge in [0.05, 0.1) is 0 Å². The van der Waals surface area contributed by atoms with Crippen molar-refractivity contribution in [3.8, 4) is 0 Å². The number of aromatic nitrogens is 1. The topological polar surface area (TPSA) is 24.9 Å². The van der Waals surface area contributed by atoms with Crippen LogP contribution in [-0.4, -0.2) is 23.0 Å². The molecule has 0 aliphatic rings. The van der Waals surface area contributed by atoms with Gasteiger partial charge in [-0.25, -0.2) is 4.98 Å². The molecule has 0 saturated carbocycles. The monoisotopic (exact) mass is 230 g/mol. The zero-order chi connectivity index (χ0) is 10.4. The number of rotatable bonds is 6. The fraction of sp³-hybridized carbons (Fsp3) is 0.700. The third kappa shape index (κ3) is 3.98. The van der Waals surface area contributed by atoms with Gasteiger partial charge in [0, 0.05) is 29.4 Å². The lowest BCUT2D eigenvalue weighted by Gasteiger charge is -2.14. The van der Waals surface area contributed by atoms with Gasteiger partial charge in [-0.2, -0.15) is 11.8 Å². The predicted octanol–water partition coefficient (Wildman–Crippen LogP) is 2.68. The first-order valence-corrected chi connectivity index (χ1v) is 7.17. The summed E-state index contributed by atoms with van der Waals surface area (Å²) in [6, 6.07) is 0.620. The van der Waals surface area contributed by atoms with Gasteiger partial charge < -0.3 is 5.32 Å². The van der Waals surface area contributed by atoms with E-state index in [1.54, 1.807) is 11.3 Å². The van der Waals surface area contributed by atoms with Crippen LogP contribution < -0.4 is 5.32 Å². The van der Waals surface area contributed by atoms with E-state index in [4.69, 9.17) is 0 Å². The molecule has 1 atom stereocenters. The van der Waals surface area contributed by atoms with Gasteiger partial charge in [0.25, 0.3) is 0 Å². The van der Waals surface area contributed by atoms with Gasteiger partial charge in [0.15, 0.2) is 0 Å². The van der Waals surface area contributed by atoms with Crippen molar-refractivity contribution in [1.82, 2.24) is 10.3 Å². The van der Waals surface area contributed by atoms with Crippen molar-refractivity contribution >= 4 is 23.1 Å². The van der Waals surface area contributed by atoms with Gasteiger partial charge in [-0.15, -0.1) is 11.3 Å². The lowest BCUT2D eigenvalue weighted by Crippen LogP contribution is -2.30. The average molecular weight is 230 g/mol. The van der Waals surface area contributed by atoms with Crippen molar-refractivity contribution in [2.45, 2.75) is 32.9 Å². The molecular weight excluding hydrogens is 212 g/mol. The van der Waals surface area contributed by atoms with E-state index < -0.39 is 0 Å². The zero-order valence-electron chi connectivity index (χ0n) is 9.04. The number of hydrogen-bond donors (Lipinski definition) is 1. The van der Waals surface area contributed by atoms with Gasteiger partial charge in [-0.05, 0) is 19.6 Å². The summed E-state index contributed by atoms with van der Waals surface area (Å²) in [5, 5.41) is 6.83. The van der Waals surface area contributed by atoms with E-state index in [9.17, 15) is 0 Å². The van der Waals surface area contributed by atoms with Crippen LogP contribution in [0.15, 0.2) is 5.38 Å². The smallest absolute Gasteiger partial charge is 0.107 e. The number of nitrogens with zero attached hydrogens (tertiary/aromatic N) is 1. The SMILES string of the molecule is CCC(CSC)NCc1nc(C)cs1. The lowest BCUT2D eigenvalue weighted by atomic mass is 10.2. The Morgan fingerprint density at radius 1 is 1.64 bits per heavy atom. The van der Waals surface area contributed by atoms with Crippen molar-refractivity contribution in [3.63, 3.8) is 0 Å². The molecule has 4 heteroatoms. The van der Waals surface area contributed by atoms with Gasteiger partial charge >= 0.3 is 0 Å². The average Bonchev–Trinajstić information content (AvgIpc) is 2.59. The molecule has 1 heterocycles. The molecule has 0 aliphatic carbocycles. The maximum atomic E-state index is 4.43. The molecule has 0 fully saturated rings. The van der Waals surface area contributed by atoms with E-state index in [2.05, 4.69) is 28.9 Å². The number of thioether (sulfide) groups is 1. The minimum atomic E-state index is 0.620. The number of hydrogen-bond acceptors (Lipinski definition) is 4. The number of thiazole rings is 1. The first-order valence-electron chi connectivity index (χ1n) is 4.89. The summed E-state index contributed by atoms with van der Waals surface area (Å²) in [5.74, 6) is 1.18. The quantitative estimate of drug-likeness (QED) is 0.813. The Kier molecular flexibility index (Phi) is 5.52. The first-order chi connectivity index (χ1) is 6.76. The summed E-state index contributed by atoms with van der Waals surface area (Å²) in [7, 11) is 0. The predicted molar refractivity (Wildman–Crippen MR) is 66.2 cm³/mol. The van der Waals surface area contributed by atoms with E-state index in [-0.39, 0.29) is 0 Å². The summed E-state index contributed by atoms with van der Waals surface area (Å²) in [6.07, 6.45) is 3.34. The van der Waals surface area contributed by atoms with Crippen LogP contribution in [0.4, 0.5) is 0 Å². The minimum absolute atomic E-state index is 0.620. The molecule has 1 unspecified atom stereocenters. The van der Waals surface area contributed by atoms with Crippen molar-refractivity contribution in [3.05, 3.63) is 16.1 Å². The second-order valence-corrected chi connectivity index (χ2v) is 5.18. The van der Waals surface area contributed by atoms with Crippen LogP contribution in [-0.2, 0) is 6.54 Å². The van der Waals surface area contributed by atoms with Crippen LogP contribution in [0.25, 0.3) is 0 Å². The fourth-order valence-electron chi connectivity index (χ4n) is 1.24. The van der Waals surface area contributed by atoms with E-state index in [1.807, 2.05) is 18.7 Å². The van der Waals surface area contributed by atoms with Crippen LogP contribution in [0.5, 0.6) is 0 Å². The Balaban J connectivity index is 2.31. The summed E-state index contributed by atoms with van der Waals surface area (Å²) in [4.78, 5) is 4.43. The van der Waals surface area contributed by atoms with Gasteiger partial charge in [-0.1, -0.05) is 6.92 Å². The Hall–Kier alpha value is -0.0600. The second kappa shape index (κ2) is 6.43. The van der Waals surface area contributed by atoms with Crippen molar-refractivity contribution in [1.29, 1.82) is 0 Å². The highest BCUT2D eigenvalue weighted by molar-refractivity contribution is 7.98. The molecule has 1 rings (SSSR count). The Labute approximate surface area is 94.5 Å². The molecule has 1 N–H and O–H groups in total. The molecule has 1 aromatic heterocycles. The number of nitrogens with one attached hydrogen (secondary N) is 1. The van der Waals surface area contributed by atoms with E-state index in [1.165, 1.54) is 17.2 Å². The molecule has 0 bridgehead atoms. The Morgan fingerprint density at radius 2 is 2.43 bits per heavy atom. The molecule has 1 aromatic rings. The third-order valence-electron chi connectivity index (χ3n) is 2.07. The molecular formula is C10H18N2S2. The normalized spacial score (nSPS) is 13.1. The van der Waals surface area contributed by atoms with Gasteiger partial charge in [0.2, 0.25) is 0 Å². The van der Waals surface area contributed by atoms with Crippen LogP contribution >= 0.6 is 23.1 Å². The molecule has 0 spiro atoms. The first kappa shape index (κ1) is 12.0. The van der Waals surface area contributed by atoms with Crippen LogP contribution in [0.1, 0.15) is 24.0 Å². The summed E-state index contributed by atoms with van der Waals surface area (Å²) >= 11 is 3.63. The van der Waals surface area contributed by atoms with Crippen LogP contribution in [0.3, 0.4) is 0 Å². The minimum Gasteiger partial charge on any atom is -0.307 e. The molecule has 0 aromatic carbocycles. The maximum absolute atomic E-state index is 4.43. The maximum Gasteiger partial charge on any atom is 0.107 e. The van der Waals surface area contributed by atoms with Gasteiger partial charge in [-0.3, -0.25) is 0 Å². The van der Waals surface area contributed by atoms with Gasteiger partial charge in [0.1, 0.15) is 5.01 Å². The molecule has 0 aliphatic heterocycles. The Morgan fingerprint density at radius 3 is 2.93 bits per heavy atom. The highest BCUT2D eigenvalue weighted by Gasteiger charge is 2.05. The van der Waals surface area contributed by atoms with E-state index >= 15 is 0 Å². The molecule has 2 nitrogen and oxygen atoms in total.